The summed E-state index contributed by atoms with van der Waals surface area (Å²) in [6, 6.07) is 7.57. The van der Waals surface area contributed by atoms with Crippen LogP contribution in [0.5, 0.6) is 0 Å². The van der Waals surface area contributed by atoms with E-state index in [0.717, 1.165) is 5.56 Å². The number of hydrogen-bond donors (Lipinski definition) is 1. The van der Waals surface area contributed by atoms with Crippen molar-refractivity contribution in [2.45, 2.75) is 57.5 Å². The first kappa shape index (κ1) is 19.6. The zero-order valence-electron chi connectivity index (χ0n) is 13.9. The first-order chi connectivity index (χ1) is 11.3. The minimum atomic E-state index is -3.96. The Bertz CT molecular complexity index is 648. The van der Waals surface area contributed by atoms with Gasteiger partial charge in [-0.05, 0) is 24.5 Å². The molecule has 2 unspecified atom stereocenters. The third-order valence-corrected chi connectivity index (χ3v) is 5.12. The fraction of sp³-hybridized carbons (Fsp3) is 0.625. The van der Waals surface area contributed by atoms with Crippen LogP contribution in [-0.4, -0.2) is 33.0 Å². The van der Waals surface area contributed by atoms with E-state index in [1.807, 2.05) is 38.1 Å². The highest BCUT2D eigenvalue weighted by atomic mass is 35.5. The fourth-order valence-corrected chi connectivity index (χ4v) is 3.44. The smallest absolute Gasteiger partial charge is 0.333 e. The molecule has 136 valence electrons. The van der Waals surface area contributed by atoms with Crippen LogP contribution in [0.2, 0.25) is 5.02 Å². The van der Waals surface area contributed by atoms with Gasteiger partial charge in [0.25, 0.3) is 0 Å². The molecule has 1 heterocycles. The predicted molar refractivity (Wildman–Crippen MR) is 91.9 cm³/mol. The lowest BCUT2D eigenvalue weighted by Gasteiger charge is -2.25. The number of hydrogen-bond acceptors (Lipinski definition) is 5. The van der Waals surface area contributed by atoms with Crippen LogP contribution in [-0.2, 0) is 30.4 Å². The van der Waals surface area contributed by atoms with Gasteiger partial charge in [-0.1, -0.05) is 43.6 Å². The summed E-state index contributed by atoms with van der Waals surface area (Å²) < 4.78 is 38.8. The molecule has 0 amide bonds. The third-order valence-electron chi connectivity index (χ3n) is 4.25. The molecule has 0 saturated carbocycles. The zero-order chi connectivity index (χ0) is 17.8. The van der Waals surface area contributed by atoms with Gasteiger partial charge in [-0.3, -0.25) is 4.18 Å². The Labute approximate surface area is 148 Å². The van der Waals surface area contributed by atoms with Gasteiger partial charge < -0.3 is 9.47 Å². The van der Waals surface area contributed by atoms with E-state index >= 15 is 0 Å². The van der Waals surface area contributed by atoms with E-state index in [9.17, 15) is 8.42 Å². The standard InChI is InChI=1S/C16H24ClNO5S/c1-3-16(4-2)22-14(9-10-21-24(18,19)20)15(23-16)11-12-7-5-6-8-13(12)17/h5-8,14-15H,3-4,9-11H2,1-2H3,(H2,18,19,20). The number of nitrogens with two attached hydrogens (primary N) is 1. The number of halogens is 1. The molecule has 1 aromatic carbocycles. The van der Waals surface area contributed by atoms with Crippen molar-refractivity contribution >= 4 is 21.9 Å². The van der Waals surface area contributed by atoms with Crippen molar-refractivity contribution < 1.29 is 22.1 Å². The van der Waals surface area contributed by atoms with Crippen LogP contribution in [0.3, 0.4) is 0 Å². The SMILES string of the molecule is CCC1(CC)OC(CCOS(N)(=O)=O)C(Cc2ccccc2Cl)O1. The van der Waals surface area contributed by atoms with Gasteiger partial charge in [0, 0.05) is 17.9 Å². The average Bonchev–Trinajstić information content (AvgIpc) is 2.87. The monoisotopic (exact) mass is 377 g/mol. The van der Waals surface area contributed by atoms with E-state index in [1.165, 1.54) is 0 Å². The van der Waals surface area contributed by atoms with Gasteiger partial charge in [-0.15, -0.1) is 0 Å². The number of benzene rings is 1. The molecule has 8 heteroatoms. The van der Waals surface area contributed by atoms with Gasteiger partial charge >= 0.3 is 10.3 Å². The molecule has 1 fully saturated rings. The summed E-state index contributed by atoms with van der Waals surface area (Å²) in [4.78, 5) is 0. The maximum atomic E-state index is 10.9. The normalized spacial score (nSPS) is 23.5. The average molecular weight is 378 g/mol. The van der Waals surface area contributed by atoms with Gasteiger partial charge in [-0.2, -0.15) is 8.42 Å². The molecule has 0 aliphatic carbocycles. The van der Waals surface area contributed by atoms with Crippen molar-refractivity contribution in [1.82, 2.24) is 0 Å². The minimum absolute atomic E-state index is 0.0462. The summed E-state index contributed by atoms with van der Waals surface area (Å²) in [6.07, 6.45) is 1.84. The number of rotatable bonds is 8. The van der Waals surface area contributed by atoms with Gasteiger partial charge in [0.15, 0.2) is 5.79 Å². The van der Waals surface area contributed by atoms with Crippen LogP contribution in [0.4, 0.5) is 0 Å². The molecule has 1 saturated heterocycles. The number of ether oxygens (including phenoxy) is 2. The van der Waals surface area contributed by atoms with E-state index in [4.69, 9.17) is 26.2 Å². The van der Waals surface area contributed by atoms with E-state index in [2.05, 4.69) is 4.18 Å². The van der Waals surface area contributed by atoms with E-state index in [0.29, 0.717) is 30.7 Å². The summed E-state index contributed by atoms with van der Waals surface area (Å²) in [6.45, 7) is 3.95. The van der Waals surface area contributed by atoms with E-state index in [-0.39, 0.29) is 18.8 Å². The Morgan fingerprint density at radius 3 is 2.42 bits per heavy atom. The topological polar surface area (TPSA) is 87.9 Å². The molecule has 0 bridgehead atoms. The Morgan fingerprint density at radius 1 is 1.21 bits per heavy atom. The summed E-state index contributed by atoms with van der Waals surface area (Å²) in [7, 11) is -3.96. The molecular weight excluding hydrogens is 354 g/mol. The quantitative estimate of drug-likeness (QED) is 0.752. The summed E-state index contributed by atoms with van der Waals surface area (Å²) in [5.74, 6) is -0.655. The van der Waals surface area contributed by atoms with Crippen molar-refractivity contribution in [3.8, 4) is 0 Å². The summed E-state index contributed by atoms with van der Waals surface area (Å²) in [5.41, 5.74) is 0.966. The predicted octanol–water partition coefficient (Wildman–Crippen LogP) is 2.79. The second-order valence-corrected chi connectivity index (χ2v) is 7.46. The van der Waals surface area contributed by atoms with E-state index < -0.39 is 16.1 Å². The Hall–Kier alpha value is -0.700. The van der Waals surface area contributed by atoms with Crippen LogP contribution < -0.4 is 5.14 Å². The zero-order valence-corrected chi connectivity index (χ0v) is 15.5. The lowest BCUT2D eigenvalue weighted by atomic mass is 10.0. The van der Waals surface area contributed by atoms with Gasteiger partial charge in [0.1, 0.15) is 0 Å². The molecule has 24 heavy (non-hydrogen) atoms. The lowest BCUT2D eigenvalue weighted by Crippen LogP contribution is -2.29. The van der Waals surface area contributed by atoms with Crippen molar-refractivity contribution in [2.24, 2.45) is 5.14 Å². The minimum Gasteiger partial charge on any atom is -0.344 e. The van der Waals surface area contributed by atoms with Gasteiger partial charge in [0.2, 0.25) is 0 Å². The van der Waals surface area contributed by atoms with Crippen molar-refractivity contribution in [3.05, 3.63) is 34.9 Å². The first-order valence-corrected chi connectivity index (χ1v) is 9.89. The van der Waals surface area contributed by atoms with Gasteiger partial charge in [0.05, 0.1) is 18.8 Å². The molecule has 1 aromatic rings. The second-order valence-electron chi connectivity index (χ2n) is 5.83. The molecular formula is C16H24ClNO5S. The van der Waals surface area contributed by atoms with Crippen molar-refractivity contribution in [3.63, 3.8) is 0 Å². The highest BCUT2D eigenvalue weighted by Gasteiger charge is 2.45. The van der Waals surface area contributed by atoms with E-state index in [1.54, 1.807) is 0 Å². The molecule has 2 atom stereocenters. The third kappa shape index (κ3) is 5.15. The Kier molecular flexibility index (Phi) is 6.64. The van der Waals surface area contributed by atoms with Crippen LogP contribution in [0.15, 0.2) is 24.3 Å². The van der Waals surface area contributed by atoms with Crippen LogP contribution >= 0.6 is 11.6 Å². The summed E-state index contributed by atoms with van der Waals surface area (Å²) in [5, 5.41) is 5.54. The maximum absolute atomic E-state index is 10.9. The summed E-state index contributed by atoms with van der Waals surface area (Å²) >= 11 is 6.24. The lowest BCUT2D eigenvalue weighted by molar-refractivity contribution is -0.179. The molecule has 2 N–H and O–H groups in total. The highest BCUT2D eigenvalue weighted by molar-refractivity contribution is 7.84. The fourth-order valence-electron chi connectivity index (χ4n) is 2.89. The van der Waals surface area contributed by atoms with Crippen LogP contribution in [0, 0.1) is 0 Å². The second kappa shape index (κ2) is 8.12. The first-order valence-electron chi connectivity index (χ1n) is 8.05. The van der Waals surface area contributed by atoms with Crippen molar-refractivity contribution in [1.29, 1.82) is 0 Å². The van der Waals surface area contributed by atoms with Crippen LogP contribution in [0.25, 0.3) is 0 Å². The molecule has 0 spiro atoms. The molecule has 2 rings (SSSR count). The van der Waals surface area contributed by atoms with Crippen LogP contribution in [0.1, 0.15) is 38.7 Å². The molecule has 1 aliphatic rings. The van der Waals surface area contributed by atoms with Crippen molar-refractivity contribution in [2.75, 3.05) is 6.61 Å². The molecule has 1 aliphatic heterocycles. The molecule has 6 nitrogen and oxygen atoms in total. The largest absolute Gasteiger partial charge is 0.344 e. The highest BCUT2D eigenvalue weighted by Crippen LogP contribution is 2.37. The maximum Gasteiger partial charge on any atom is 0.333 e. The Morgan fingerprint density at radius 2 is 1.83 bits per heavy atom. The van der Waals surface area contributed by atoms with Gasteiger partial charge in [-0.25, -0.2) is 5.14 Å². The Balaban J connectivity index is 2.10. The molecule has 0 radical (unpaired) electrons. The molecule has 0 aromatic heterocycles.